The number of hydrazine groups is 1. The van der Waals surface area contributed by atoms with E-state index in [9.17, 15) is 0 Å². The van der Waals surface area contributed by atoms with Gasteiger partial charge in [0, 0.05) is 12.5 Å². The van der Waals surface area contributed by atoms with Gasteiger partial charge >= 0.3 is 0 Å². The highest BCUT2D eigenvalue weighted by atomic mass is 16.3. The molecule has 3 heteroatoms. The molecule has 1 saturated carbocycles. The lowest BCUT2D eigenvalue weighted by atomic mass is 9.76. The lowest BCUT2D eigenvalue weighted by molar-refractivity contribution is 0.207. The van der Waals surface area contributed by atoms with E-state index < -0.39 is 0 Å². The van der Waals surface area contributed by atoms with Crippen LogP contribution in [0.25, 0.3) is 0 Å². The Hall–Kier alpha value is -0.800. The third-order valence-corrected chi connectivity index (χ3v) is 4.64. The fraction of sp³-hybridized carbons (Fsp3) is 0.750. The lowest BCUT2D eigenvalue weighted by Gasteiger charge is -2.33. The molecule has 1 unspecified atom stereocenters. The first kappa shape index (κ1) is 14.6. The Morgan fingerprint density at radius 3 is 2.74 bits per heavy atom. The van der Waals surface area contributed by atoms with Crippen molar-refractivity contribution in [2.75, 3.05) is 0 Å². The summed E-state index contributed by atoms with van der Waals surface area (Å²) in [6.45, 7) is 2.28. The maximum absolute atomic E-state index is 5.74. The quantitative estimate of drug-likeness (QED) is 0.584. The summed E-state index contributed by atoms with van der Waals surface area (Å²) in [7, 11) is 0. The molecule has 108 valence electrons. The summed E-state index contributed by atoms with van der Waals surface area (Å²) < 4.78 is 5.44. The Balaban J connectivity index is 1.78. The molecule has 0 aliphatic heterocycles. The largest absolute Gasteiger partial charge is 0.469 e. The van der Waals surface area contributed by atoms with Gasteiger partial charge in [-0.1, -0.05) is 39.0 Å². The van der Waals surface area contributed by atoms with Gasteiger partial charge in [0.2, 0.25) is 0 Å². The highest BCUT2D eigenvalue weighted by Crippen LogP contribution is 2.34. The van der Waals surface area contributed by atoms with E-state index in [1.807, 2.05) is 12.1 Å². The maximum atomic E-state index is 5.74. The van der Waals surface area contributed by atoms with E-state index in [0.29, 0.717) is 12.0 Å². The van der Waals surface area contributed by atoms with E-state index in [1.165, 1.54) is 44.9 Å². The van der Waals surface area contributed by atoms with Crippen molar-refractivity contribution in [2.24, 2.45) is 17.7 Å². The van der Waals surface area contributed by atoms with Crippen molar-refractivity contribution < 1.29 is 4.42 Å². The number of furan rings is 1. The van der Waals surface area contributed by atoms with Gasteiger partial charge in [0.15, 0.2) is 0 Å². The summed E-state index contributed by atoms with van der Waals surface area (Å²) >= 11 is 0. The molecule has 3 nitrogen and oxygen atoms in total. The minimum absolute atomic E-state index is 0.360. The molecule has 3 N–H and O–H groups in total. The molecular formula is C16H28N2O. The van der Waals surface area contributed by atoms with Crippen LogP contribution in [0.3, 0.4) is 0 Å². The molecule has 0 aromatic carbocycles. The van der Waals surface area contributed by atoms with Gasteiger partial charge in [-0.25, -0.2) is 0 Å². The van der Waals surface area contributed by atoms with Gasteiger partial charge in [-0.2, -0.15) is 0 Å². The van der Waals surface area contributed by atoms with Crippen molar-refractivity contribution in [2.45, 2.75) is 64.3 Å². The van der Waals surface area contributed by atoms with E-state index in [4.69, 9.17) is 10.3 Å². The second kappa shape index (κ2) is 7.71. The highest BCUT2D eigenvalue weighted by Gasteiger charge is 2.27. The van der Waals surface area contributed by atoms with E-state index in [1.54, 1.807) is 6.26 Å². The van der Waals surface area contributed by atoms with Gasteiger partial charge in [-0.05, 0) is 36.8 Å². The number of nitrogens with one attached hydrogen (secondary N) is 1. The first-order chi connectivity index (χ1) is 9.33. The van der Waals surface area contributed by atoms with Gasteiger partial charge in [-0.3, -0.25) is 11.3 Å². The van der Waals surface area contributed by atoms with Gasteiger partial charge in [0.25, 0.3) is 0 Å². The van der Waals surface area contributed by atoms with Crippen LogP contribution in [0.2, 0.25) is 0 Å². The van der Waals surface area contributed by atoms with E-state index in [-0.39, 0.29) is 0 Å². The minimum atomic E-state index is 0.360. The molecule has 0 bridgehead atoms. The molecule has 0 saturated heterocycles. The molecule has 0 spiro atoms. The fourth-order valence-corrected chi connectivity index (χ4v) is 3.38. The number of unbranched alkanes of at least 4 members (excludes halogenated alkanes) is 1. The number of rotatable bonds is 7. The predicted octanol–water partition coefficient (Wildman–Crippen LogP) is 3.65. The summed E-state index contributed by atoms with van der Waals surface area (Å²) in [5.41, 5.74) is 3.01. The second-order valence-corrected chi connectivity index (χ2v) is 5.98. The first-order valence-corrected chi connectivity index (χ1v) is 7.82. The van der Waals surface area contributed by atoms with Crippen LogP contribution in [0.5, 0.6) is 0 Å². The minimum Gasteiger partial charge on any atom is -0.469 e. The zero-order chi connectivity index (χ0) is 13.5. The van der Waals surface area contributed by atoms with Crippen LogP contribution in [0.1, 0.15) is 57.6 Å². The Morgan fingerprint density at radius 1 is 1.37 bits per heavy atom. The molecule has 1 atom stereocenters. The van der Waals surface area contributed by atoms with Crippen LogP contribution in [0.4, 0.5) is 0 Å². The van der Waals surface area contributed by atoms with Crippen LogP contribution in [0, 0.1) is 11.8 Å². The summed E-state index contributed by atoms with van der Waals surface area (Å²) in [6.07, 6.45) is 12.2. The molecule has 1 fully saturated rings. The molecule has 2 rings (SSSR count). The second-order valence-electron chi connectivity index (χ2n) is 5.98. The molecule has 1 aliphatic rings. The molecule has 0 radical (unpaired) electrons. The van der Waals surface area contributed by atoms with E-state index in [0.717, 1.165) is 18.1 Å². The smallest absolute Gasteiger partial charge is 0.105 e. The molecule has 19 heavy (non-hydrogen) atoms. The summed E-state index contributed by atoms with van der Waals surface area (Å²) in [5.74, 6) is 8.44. The average molecular weight is 264 g/mol. The molecule has 1 aromatic heterocycles. The SMILES string of the molecule is CCCCC1CCC(C(Cc2ccco2)NN)CC1. The number of hydrogen-bond acceptors (Lipinski definition) is 3. The molecule has 1 aromatic rings. The van der Waals surface area contributed by atoms with Crippen molar-refractivity contribution in [3.8, 4) is 0 Å². The van der Waals surface area contributed by atoms with Crippen LogP contribution in [-0.4, -0.2) is 6.04 Å². The lowest BCUT2D eigenvalue weighted by Crippen LogP contribution is -2.43. The molecule has 0 amide bonds. The Labute approximate surface area is 116 Å². The van der Waals surface area contributed by atoms with Crippen LogP contribution >= 0.6 is 0 Å². The standard InChI is InChI=1S/C16H28N2O/c1-2-3-5-13-7-9-14(10-8-13)16(18-17)12-15-6-4-11-19-15/h4,6,11,13-14,16,18H,2-3,5,7-10,12,17H2,1H3. The first-order valence-electron chi connectivity index (χ1n) is 7.82. The third-order valence-electron chi connectivity index (χ3n) is 4.64. The van der Waals surface area contributed by atoms with Crippen molar-refractivity contribution >= 4 is 0 Å². The summed E-state index contributed by atoms with van der Waals surface area (Å²) in [6, 6.07) is 4.35. The maximum Gasteiger partial charge on any atom is 0.105 e. The summed E-state index contributed by atoms with van der Waals surface area (Å²) in [5, 5.41) is 0. The van der Waals surface area contributed by atoms with Gasteiger partial charge < -0.3 is 4.42 Å². The monoisotopic (exact) mass is 264 g/mol. The Kier molecular flexibility index (Phi) is 5.93. The van der Waals surface area contributed by atoms with Gasteiger partial charge in [-0.15, -0.1) is 0 Å². The normalized spacial score (nSPS) is 25.4. The fourth-order valence-electron chi connectivity index (χ4n) is 3.38. The van der Waals surface area contributed by atoms with Crippen molar-refractivity contribution in [1.29, 1.82) is 0 Å². The van der Waals surface area contributed by atoms with Crippen LogP contribution in [-0.2, 0) is 6.42 Å². The predicted molar refractivity (Wildman–Crippen MR) is 78.5 cm³/mol. The van der Waals surface area contributed by atoms with Gasteiger partial charge in [0.1, 0.15) is 5.76 Å². The average Bonchev–Trinajstić information content (AvgIpc) is 2.96. The zero-order valence-corrected chi connectivity index (χ0v) is 12.1. The molecule has 1 heterocycles. The Morgan fingerprint density at radius 2 is 2.16 bits per heavy atom. The van der Waals surface area contributed by atoms with Crippen molar-refractivity contribution in [3.05, 3.63) is 24.2 Å². The molecule has 1 aliphatic carbocycles. The Bertz CT molecular complexity index is 329. The summed E-state index contributed by atoms with van der Waals surface area (Å²) in [4.78, 5) is 0. The topological polar surface area (TPSA) is 51.2 Å². The van der Waals surface area contributed by atoms with Crippen LogP contribution in [0.15, 0.2) is 22.8 Å². The van der Waals surface area contributed by atoms with E-state index >= 15 is 0 Å². The molecular weight excluding hydrogens is 236 g/mol. The number of nitrogens with two attached hydrogens (primary N) is 1. The van der Waals surface area contributed by atoms with Crippen molar-refractivity contribution in [3.63, 3.8) is 0 Å². The third kappa shape index (κ3) is 4.36. The van der Waals surface area contributed by atoms with E-state index in [2.05, 4.69) is 12.3 Å². The highest BCUT2D eigenvalue weighted by molar-refractivity contribution is 5.01. The van der Waals surface area contributed by atoms with Gasteiger partial charge in [0.05, 0.1) is 6.26 Å². The van der Waals surface area contributed by atoms with Crippen LogP contribution < -0.4 is 11.3 Å². The van der Waals surface area contributed by atoms with Crippen molar-refractivity contribution in [1.82, 2.24) is 5.43 Å². The number of hydrogen-bond donors (Lipinski definition) is 2. The zero-order valence-electron chi connectivity index (χ0n) is 12.1.